The van der Waals surface area contributed by atoms with Gasteiger partial charge in [0.05, 0.1) is 12.3 Å². The highest BCUT2D eigenvalue weighted by Gasteiger charge is 2.23. The maximum Gasteiger partial charge on any atom is 0.349 e. The Morgan fingerprint density at radius 2 is 1.97 bits per heavy atom. The van der Waals surface area contributed by atoms with Crippen molar-refractivity contribution >= 4 is 11.6 Å². The molecule has 2 aromatic rings. The number of carbonyl (C=O) groups is 1. The molecule has 1 aliphatic rings. The van der Waals surface area contributed by atoms with E-state index >= 15 is 0 Å². The van der Waals surface area contributed by atoms with Gasteiger partial charge >= 0.3 is 5.63 Å². The number of nitrogens with one attached hydrogen (secondary N) is 1. The summed E-state index contributed by atoms with van der Waals surface area (Å²) in [4.78, 5) is 25.4. The number of hydrogen-bond donors (Lipinski definition) is 1. The van der Waals surface area contributed by atoms with E-state index in [0.29, 0.717) is 55.8 Å². The summed E-state index contributed by atoms with van der Waals surface area (Å²) in [5.74, 6) is 0.760. The second-order valence-corrected chi connectivity index (χ2v) is 6.88. The standard InChI is InChI=1S/C22H27NO6/c1-3-26-12-13-28-18-7-5-4-6-17(18)23-21(24)20-15(2)14-19(29-22(20)25)16-8-10-27-11-9-16/h4-7,14,16H,3,8-13H2,1-2H3,(H,23,24). The molecule has 1 amide bonds. The van der Waals surface area contributed by atoms with Crippen molar-refractivity contribution in [1.29, 1.82) is 0 Å². The van der Waals surface area contributed by atoms with E-state index in [1.54, 1.807) is 31.2 Å². The van der Waals surface area contributed by atoms with Crippen molar-refractivity contribution in [3.05, 3.63) is 57.6 Å². The van der Waals surface area contributed by atoms with E-state index in [0.717, 1.165) is 12.8 Å². The summed E-state index contributed by atoms with van der Waals surface area (Å²) in [6, 6.07) is 8.87. The van der Waals surface area contributed by atoms with Gasteiger partial charge in [0, 0.05) is 25.7 Å². The molecule has 29 heavy (non-hydrogen) atoms. The molecule has 0 unspecified atom stereocenters. The molecule has 0 spiro atoms. The third kappa shape index (κ3) is 5.46. The Labute approximate surface area is 170 Å². The number of para-hydroxylation sites is 2. The molecule has 0 bridgehead atoms. The van der Waals surface area contributed by atoms with E-state index in [4.69, 9.17) is 18.6 Å². The molecule has 3 rings (SSSR count). The summed E-state index contributed by atoms with van der Waals surface area (Å²) >= 11 is 0. The van der Waals surface area contributed by atoms with Crippen molar-refractivity contribution in [3.63, 3.8) is 0 Å². The molecular formula is C22H27NO6. The van der Waals surface area contributed by atoms with Crippen LogP contribution in [0.15, 0.2) is 39.5 Å². The number of carbonyl (C=O) groups excluding carboxylic acids is 1. The summed E-state index contributed by atoms with van der Waals surface area (Å²) in [5, 5.41) is 2.76. The van der Waals surface area contributed by atoms with Crippen LogP contribution in [-0.2, 0) is 9.47 Å². The minimum atomic E-state index is -0.626. The summed E-state index contributed by atoms with van der Waals surface area (Å²) in [6.45, 7) is 6.39. The van der Waals surface area contributed by atoms with Gasteiger partial charge < -0.3 is 23.9 Å². The van der Waals surface area contributed by atoms with Crippen LogP contribution in [0.25, 0.3) is 0 Å². The number of rotatable bonds is 8. The maximum absolute atomic E-state index is 12.8. The molecule has 2 heterocycles. The zero-order chi connectivity index (χ0) is 20.6. The van der Waals surface area contributed by atoms with Crippen LogP contribution in [0.5, 0.6) is 5.75 Å². The van der Waals surface area contributed by atoms with Gasteiger partial charge in [0.15, 0.2) is 0 Å². The number of aryl methyl sites for hydroxylation is 1. The van der Waals surface area contributed by atoms with Crippen LogP contribution >= 0.6 is 0 Å². The van der Waals surface area contributed by atoms with Gasteiger partial charge in [0.2, 0.25) is 0 Å². The molecule has 1 N–H and O–H groups in total. The Morgan fingerprint density at radius 1 is 1.21 bits per heavy atom. The Bertz CT molecular complexity index is 885. The van der Waals surface area contributed by atoms with Crippen molar-refractivity contribution in [2.45, 2.75) is 32.6 Å². The van der Waals surface area contributed by atoms with Crippen LogP contribution in [0.4, 0.5) is 5.69 Å². The normalized spacial score (nSPS) is 14.6. The molecule has 0 atom stereocenters. The van der Waals surface area contributed by atoms with E-state index in [9.17, 15) is 9.59 Å². The molecule has 7 nitrogen and oxygen atoms in total. The zero-order valence-electron chi connectivity index (χ0n) is 16.9. The number of hydrogen-bond acceptors (Lipinski definition) is 6. The quantitative estimate of drug-likeness (QED) is 0.681. The lowest BCUT2D eigenvalue weighted by atomic mass is 9.95. The lowest BCUT2D eigenvalue weighted by molar-refractivity contribution is 0.0796. The average molecular weight is 401 g/mol. The highest BCUT2D eigenvalue weighted by atomic mass is 16.5. The van der Waals surface area contributed by atoms with Crippen LogP contribution in [0.2, 0.25) is 0 Å². The molecule has 1 aromatic carbocycles. The average Bonchev–Trinajstić information content (AvgIpc) is 2.72. The van der Waals surface area contributed by atoms with E-state index < -0.39 is 11.5 Å². The Morgan fingerprint density at radius 3 is 2.69 bits per heavy atom. The lowest BCUT2D eigenvalue weighted by Gasteiger charge is -2.21. The second kappa shape index (κ2) is 10.2. The number of ether oxygens (including phenoxy) is 3. The van der Waals surface area contributed by atoms with Gasteiger partial charge in [-0.1, -0.05) is 12.1 Å². The largest absolute Gasteiger partial charge is 0.489 e. The second-order valence-electron chi connectivity index (χ2n) is 6.88. The van der Waals surface area contributed by atoms with E-state index in [2.05, 4.69) is 5.32 Å². The fourth-order valence-electron chi connectivity index (χ4n) is 3.32. The van der Waals surface area contributed by atoms with Crippen molar-refractivity contribution in [2.24, 2.45) is 0 Å². The third-order valence-corrected chi connectivity index (χ3v) is 4.84. The fourth-order valence-corrected chi connectivity index (χ4v) is 3.32. The van der Waals surface area contributed by atoms with Crippen LogP contribution in [-0.4, -0.2) is 38.9 Å². The van der Waals surface area contributed by atoms with Crippen LogP contribution in [0.3, 0.4) is 0 Å². The molecule has 0 saturated carbocycles. The van der Waals surface area contributed by atoms with Gasteiger partial charge in [-0.15, -0.1) is 0 Å². The number of amides is 1. The molecular weight excluding hydrogens is 374 g/mol. The molecule has 1 saturated heterocycles. The molecule has 0 aliphatic carbocycles. The molecule has 0 radical (unpaired) electrons. The minimum Gasteiger partial charge on any atom is -0.489 e. The molecule has 1 aliphatic heterocycles. The summed E-state index contributed by atoms with van der Waals surface area (Å²) in [6.07, 6.45) is 1.61. The topological polar surface area (TPSA) is 87.0 Å². The van der Waals surface area contributed by atoms with Crippen LogP contribution in [0.1, 0.15) is 47.4 Å². The smallest absolute Gasteiger partial charge is 0.349 e. The first-order valence-corrected chi connectivity index (χ1v) is 9.93. The van der Waals surface area contributed by atoms with Gasteiger partial charge in [0.1, 0.15) is 23.7 Å². The first-order chi connectivity index (χ1) is 14.1. The fraction of sp³-hybridized carbons (Fsp3) is 0.455. The first kappa shape index (κ1) is 21.1. The summed E-state index contributed by atoms with van der Waals surface area (Å²) in [5.41, 5.74) is 0.458. The third-order valence-electron chi connectivity index (χ3n) is 4.84. The van der Waals surface area contributed by atoms with Crippen LogP contribution in [0, 0.1) is 6.92 Å². The Hall–Kier alpha value is -2.64. The van der Waals surface area contributed by atoms with E-state index in [1.165, 1.54) is 0 Å². The Balaban J connectivity index is 1.75. The maximum atomic E-state index is 12.8. The lowest BCUT2D eigenvalue weighted by Crippen LogP contribution is -2.24. The predicted octanol–water partition coefficient (Wildman–Crippen LogP) is 3.51. The minimum absolute atomic E-state index is 0.00456. The SMILES string of the molecule is CCOCCOc1ccccc1NC(=O)c1c(C)cc(C2CCOCC2)oc1=O. The highest BCUT2D eigenvalue weighted by Crippen LogP contribution is 2.28. The van der Waals surface area contributed by atoms with Gasteiger partial charge in [-0.25, -0.2) is 4.79 Å². The molecule has 156 valence electrons. The highest BCUT2D eigenvalue weighted by molar-refractivity contribution is 6.05. The predicted molar refractivity (Wildman–Crippen MR) is 109 cm³/mol. The summed E-state index contributed by atoms with van der Waals surface area (Å²) < 4.78 is 21.8. The first-order valence-electron chi connectivity index (χ1n) is 9.93. The van der Waals surface area contributed by atoms with Gasteiger partial charge in [-0.05, 0) is 50.5 Å². The molecule has 7 heteroatoms. The van der Waals surface area contributed by atoms with Crippen molar-refractivity contribution in [2.75, 3.05) is 38.4 Å². The summed E-state index contributed by atoms with van der Waals surface area (Å²) in [7, 11) is 0. The monoisotopic (exact) mass is 401 g/mol. The van der Waals surface area contributed by atoms with Gasteiger partial charge in [-0.3, -0.25) is 4.79 Å². The van der Waals surface area contributed by atoms with Crippen molar-refractivity contribution in [1.82, 2.24) is 0 Å². The van der Waals surface area contributed by atoms with Gasteiger partial charge in [-0.2, -0.15) is 0 Å². The van der Waals surface area contributed by atoms with E-state index in [1.807, 2.05) is 13.0 Å². The zero-order valence-corrected chi connectivity index (χ0v) is 16.9. The van der Waals surface area contributed by atoms with Crippen molar-refractivity contribution < 1.29 is 23.4 Å². The van der Waals surface area contributed by atoms with E-state index in [-0.39, 0.29) is 11.5 Å². The molecule has 1 fully saturated rings. The number of benzene rings is 1. The Kier molecular flexibility index (Phi) is 7.43. The molecule has 1 aromatic heterocycles. The number of anilines is 1. The van der Waals surface area contributed by atoms with Crippen molar-refractivity contribution in [3.8, 4) is 5.75 Å². The van der Waals surface area contributed by atoms with Gasteiger partial charge in [0.25, 0.3) is 5.91 Å². The van der Waals surface area contributed by atoms with Crippen LogP contribution < -0.4 is 15.7 Å².